The second kappa shape index (κ2) is 7.07. The number of thioether (sulfide) groups is 1. The van der Waals surface area contributed by atoms with Gasteiger partial charge < -0.3 is 4.90 Å². The van der Waals surface area contributed by atoms with Gasteiger partial charge in [-0.15, -0.1) is 11.8 Å². The van der Waals surface area contributed by atoms with E-state index < -0.39 is 0 Å². The summed E-state index contributed by atoms with van der Waals surface area (Å²) in [6, 6.07) is 10.1. The molecule has 2 nitrogen and oxygen atoms in total. The van der Waals surface area contributed by atoms with Gasteiger partial charge in [-0.1, -0.05) is 23.7 Å². The van der Waals surface area contributed by atoms with Crippen LogP contribution in [0.3, 0.4) is 0 Å². The molecular formula is C17H18ClNOS2. The number of likely N-dealkylation sites (tertiary alicyclic amines) is 1. The Bertz CT molecular complexity index is 644. The monoisotopic (exact) mass is 351 g/mol. The maximum Gasteiger partial charge on any atom is 0.236 e. The Morgan fingerprint density at radius 1 is 1.41 bits per heavy atom. The van der Waals surface area contributed by atoms with Crippen molar-refractivity contribution in [1.82, 2.24) is 4.90 Å². The first-order chi connectivity index (χ1) is 10.7. The van der Waals surface area contributed by atoms with Crippen LogP contribution in [0.4, 0.5) is 0 Å². The molecule has 2 atom stereocenters. The molecule has 2 aromatic rings. The van der Waals surface area contributed by atoms with Crippen LogP contribution in [-0.2, 0) is 4.79 Å². The van der Waals surface area contributed by atoms with E-state index in [9.17, 15) is 4.79 Å². The molecule has 1 saturated heterocycles. The van der Waals surface area contributed by atoms with Crippen LogP contribution in [0.25, 0.3) is 0 Å². The fourth-order valence-corrected chi connectivity index (χ4v) is 4.79. The van der Waals surface area contributed by atoms with Gasteiger partial charge in [0.25, 0.3) is 0 Å². The normalized spacial score (nSPS) is 19.4. The highest BCUT2D eigenvalue weighted by atomic mass is 35.5. The lowest BCUT2D eigenvalue weighted by Crippen LogP contribution is -2.36. The van der Waals surface area contributed by atoms with Crippen molar-refractivity contribution < 1.29 is 4.79 Å². The SMILES string of the molecule is CC(Sc1ccccc1Cl)C(=O)N1CCCC1c1ccsc1. The largest absolute Gasteiger partial charge is 0.335 e. The third-order valence-electron chi connectivity index (χ3n) is 3.95. The zero-order chi connectivity index (χ0) is 15.5. The van der Waals surface area contributed by atoms with E-state index in [4.69, 9.17) is 11.6 Å². The summed E-state index contributed by atoms with van der Waals surface area (Å²) in [6.45, 7) is 2.83. The molecule has 1 aromatic heterocycles. The summed E-state index contributed by atoms with van der Waals surface area (Å²) in [7, 11) is 0. The maximum atomic E-state index is 12.8. The molecule has 0 spiro atoms. The molecule has 0 saturated carbocycles. The van der Waals surface area contributed by atoms with E-state index in [1.165, 1.54) is 5.56 Å². The van der Waals surface area contributed by atoms with Crippen molar-refractivity contribution in [3.63, 3.8) is 0 Å². The number of rotatable bonds is 4. The van der Waals surface area contributed by atoms with Crippen molar-refractivity contribution in [1.29, 1.82) is 0 Å². The number of halogens is 1. The topological polar surface area (TPSA) is 20.3 Å². The average Bonchev–Trinajstić information content (AvgIpc) is 3.19. The van der Waals surface area contributed by atoms with Gasteiger partial charge in [0.1, 0.15) is 0 Å². The van der Waals surface area contributed by atoms with Gasteiger partial charge in [0.05, 0.1) is 16.3 Å². The van der Waals surface area contributed by atoms with E-state index in [1.807, 2.05) is 36.1 Å². The molecule has 22 heavy (non-hydrogen) atoms. The van der Waals surface area contributed by atoms with Gasteiger partial charge in [0.2, 0.25) is 5.91 Å². The van der Waals surface area contributed by atoms with Crippen molar-refractivity contribution in [2.45, 2.75) is 36.0 Å². The van der Waals surface area contributed by atoms with Crippen LogP contribution >= 0.6 is 34.7 Å². The van der Waals surface area contributed by atoms with Gasteiger partial charge >= 0.3 is 0 Å². The van der Waals surface area contributed by atoms with Crippen LogP contribution in [0.15, 0.2) is 46.0 Å². The molecule has 1 aromatic carbocycles. The first kappa shape index (κ1) is 15.9. The van der Waals surface area contributed by atoms with E-state index in [2.05, 4.69) is 16.8 Å². The molecule has 1 amide bonds. The first-order valence-corrected chi connectivity index (χ1v) is 9.60. The number of carbonyl (C=O) groups excluding carboxylic acids is 1. The minimum absolute atomic E-state index is 0.126. The number of thiophene rings is 1. The Balaban J connectivity index is 1.71. The molecule has 0 aliphatic carbocycles. The molecule has 0 bridgehead atoms. The number of nitrogens with zero attached hydrogens (tertiary/aromatic N) is 1. The van der Waals surface area contributed by atoms with Gasteiger partial charge in [-0.25, -0.2) is 0 Å². The molecule has 1 aliphatic heterocycles. The summed E-state index contributed by atoms with van der Waals surface area (Å²) in [5, 5.41) is 4.82. The molecule has 0 radical (unpaired) electrons. The molecule has 1 aliphatic rings. The minimum atomic E-state index is -0.126. The smallest absolute Gasteiger partial charge is 0.236 e. The van der Waals surface area contributed by atoms with E-state index >= 15 is 0 Å². The Labute approximate surface area is 144 Å². The highest BCUT2D eigenvalue weighted by Crippen LogP contribution is 2.36. The van der Waals surface area contributed by atoms with E-state index in [0.717, 1.165) is 24.3 Å². The zero-order valence-corrected chi connectivity index (χ0v) is 14.8. The first-order valence-electron chi connectivity index (χ1n) is 7.40. The average molecular weight is 352 g/mol. The third kappa shape index (κ3) is 3.34. The van der Waals surface area contributed by atoms with Crippen molar-refractivity contribution in [3.05, 3.63) is 51.7 Å². The molecule has 2 heterocycles. The minimum Gasteiger partial charge on any atom is -0.335 e. The highest BCUT2D eigenvalue weighted by Gasteiger charge is 2.33. The zero-order valence-electron chi connectivity index (χ0n) is 12.4. The maximum absolute atomic E-state index is 12.8. The Hall–Kier alpha value is -0.970. The lowest BCUT2D eigenvalue weighted by molar-refractivity contribution is -0.131. The second-order valence-corrected chi connectivity index (χ2v) is 8.01. The molecule has 0 N–H and O–H groups in total. The summed E-state index contributed by atoms with van der Waals surface area (Å²) in [5.74, 6) is 0.207. The summed E-state index contributed by atoms with van der Waals surface area (Å²) >= 11 is 9.43. The van der Waals surface area contributed by atoms with Crippen molar-refractivity contribution in [3.8, 4) is 0 Å². The van der Waals surface area contributed by atoms with Crippen molar-refractivity contribution in [2.75, 3.05) is 6.54 Å². The Kier molecular flexibility index (Phi) is 5.11. The molecule has 5 heteroatoms. The number of hydrogen-bond donors (Lipinski definition) is 0. The fraction of sp³-hybridized carbons (Fsp3) is 0.353. The lowest BCUT2D eigenvalue weighted by atomic mass is 10.1. The molecular weight excluding hydrogens is 334 g/mol. The molecule has 2 unspecified atom stereocenters. The number of amides is 1. The predicted octanol–water partition coefficient (Wildman–Crippen LogP) is 5.25. The van der Waals surface area contributed by atoms with Gasteiger partial charge in [-0.05, 0) is 54.3 Å². The standard InChI is InChI=1S/C17H18ClNOS2/c1-12(22-16-7-3-2-5-14(16)18)17(20)19-9-4-6-15(19)13-8-10-21-11-13/h2-3,5,7-8,10-12,15H,4,6,9H2,1H3. The Morgan fingerprint density at radius 2 is 2.23 bits per heavy atom. The van der Waals surface area contributed by atoms with Crippen LogP contribution in [0.2, 0.25) is 5.02 Å². The summed E-state index contributed by atoms with van der Waals surface area (Å²) in [5.41, 5.74) is 1.27. The highest BCUT2D eigenvalue weighted by molar-refractivity contribution is 8.00. The Morgan fingerprint density at radius 3 is 2.95 bits per heavy atom. The number of hydrogen-bond acceptors (Lipinski definition) is 3. The third-order valence-corrected chi connectivity index (χ3v) is 6.26. The second-order valence-electron chi connectivity index (χ2n) is 5.44. The predicted molar refractivity (Wildman–Crippen MR) is 94.8 cm³/mol. The van der Waals surface area contributed by atoms with Gasteiger partial charge in [-0.2, -0.15) is 11.3 Å². The molecule has 1 fully saturated rings. The summed E-state index contributed by atoms with van der Waals surface area (Å²) in [6.07, 6.45) is 2.14. The van der Waals surface area contributed by atoms with Crippen LogP contribution in [-0.4, -0.2) is 22.6 Å². The molecule has 3 rings (SSSR count). The molecule has 116 valence electrons. The number of carbonyl (C=O) groups is 1. The van der Waals surface area contributed by atoms with Gasteiger partial charge in [0.15, 0.2) is 0 Å². The summed E-state index contributed by atoms with van der Waals surface area (Å²) < 4.78 is 0. The van der Waals surface area contributed by atoms with Crippen molar-refractivity contribution >= 4 is 40.6 Å². The summed E-state index contributed by atoms with van der Waals surface area (Å²) in [4.78, 5) is 15.8. The lowest BCUT2D eigenvalue weighted by Gasteiger charge is -2.27. The van der Waals surface area contributed by atoms with Crippen LogP contribution in [0, 0.1) is 0 Å². The van der Waals surface area contributed by atoms with Gasteiger partial charge in [0, 0.05) is 11.4 Å². The van der Waals surface area contributed by atoms with Gasteiger partial charge in [-0.3, -0.25) is 4.79 Å². The quantitative estimate of drug-likeness (QED) is 0.701. The number of benzene rings is 1. The van der Waals surface area contributed by atoms with Crippen molar-refractivity contribution in [2.24, 2.45) is 0 Å². The van der Waals surface area contributed by atoms with Crippen LogP contribution < -0.4 is 0 Å². The van der Waals surface area contributed by atoms with E-state index in [1.54, 1.807) is 23.1 Å². The fourth-order valence-electron chi connectivity index (χ4n) is 2.86. The van der Waals surface area contributed by atoms with Crippen LogP contribution in [0.1, 0.15) is 31.4 Å². The van der Waals surface area contributed by atoms with Crippen LogP contribution in [0.5, 0.6) is 0 Å². The van der Waals surface area contributed by atoms with E-state index in [-0.39, 0.29) is 17.2 Å². The van der Waals surface area contributed by atoms with E-state index in [0.29, 0.717) is 5.02 Å².